The Morgan fingerprint density at radius 1 is 1.38 bits per heavy atom. The third kappa shape index (κ3) is 2.94. The molecule has 2 aromatic rings. The summed E-state index contributed by atoms with van der Waals surface area (Å²) in [6.07, 6.45) is 6.43. The molecule has 4 N–H and O–H groups in total. The van der Waals surface area contributed by atoms with Crippen LogP contribution < -0.4 is 16.0 Å². The lowest BCUT2D eigenvalue weighted by molar-refractivity contribution is -0.118. The van der Waals surface area contributed by atoms with E-state index in [0.29, 0.717) is 17.8 Å². The number of H-pyrrole nitrogens is 1. The van der Waals surface area contributed by atoms with E-state index < -0.39 is 6.04 Å². The molecule has 0 unspecified atom stereocenters. The standard InChI is InChI=1S/C18H20N6O2/c1-10-15(16(22-18(26)21-10)11-4-3-7-19-8-11)17(25)20-9-14-12-5-2-6-13(12)23-24-14/h3-4,7-8,16H,2,5-6,9H2,1H3,(H,20,25)(H,23,24)(H2,21,22,26)/t16-/m1/s1. The van der Waals surface area contributed by atoms with Crippen molar-refractivity contribution in [1.29, 1.82) is 0 Å². The summed E-state index contributed by atoms with van der Waals surface area (Å²) in [5.74, 6) is -0.237. The molecule has 0 spiro atoms. The number of fused-ring (bicyclic) bond motifs is 1. The number of aromatic nitrogens is 3. The highest BCUT2D eigenvalue weighted by Gasteiger charge is 2.31. The molecule has 0 saturated heterocycles. The van der Waals surface area contributed by atoms with E-state index in [9.17, 15) is 9.59 Å². The second-order valence-corrected chi connectivity index (χ2v) is 6.52. The van der Waals surface area contributed by atoms with E-state index >= 15 is 0 Å². The summed E-state index contributed by atoms with van der Waals surface area (Å²) in [6, 6.07) is 2.74. The Morgan fingerprint density at radius 3 is 3.08 bits per heavy atom. The van der Waals surface area contributed by atoms with Crippen LogP contribution in [0.25, 0.3) is 0 Å². The van der Waals surface area contributed by atoms with Crippen LogP contribution in [0.3, 0.4) is 0 Å². The molecule has 0 saturated carbocycles. The Morgan fingerprint density at radius 2 is 2.27 bits per heavy atom. The smallest absolute Gasteiger partial charge is 0.319 e. The van der Waals surface area contributed by atoms with Crippen LogP contribution in [0.15, 0.2) is 35.8 Å². The molecule has 26 heavy (non-hydrogen) atoms. The molecular weight excluding hydrogens is 332 g/mol. The van der Waals surface area contributed by atoms with Crippen LogP contribution >= 0.6 is 0 Å². The maximum Gasteiger partial charge on any atom is 0.319 e. The number of allylic oxidation sites excluding steroid dienone is 1. The number of nitrogens with zero attached hydrogens (tertiary/aromatic N) is 2. The molecule has 1 atom stereocenters. The van der Waals surface area contributed by atoms with E-state index in [-0.39, 0.29) is 11.9 Å². The Bertz CT molecular complexity index is 886. The zero-order valence-electron chi connectivity index (χ0n) is 14.4. The van der Waals surface area contributed by atoms with Crippen LogP contribution in [-0.4, -0.2) is 27.1 Å². The average Bonchev–Trinajstić information content (AvgIpc) is 3.24. The van der Waals surface area contributed by atoms with Crippen molar-refractivity contribution in [3.63, 3.8) is 0 Å². The fourth-order valence-electron chi connectivity index (χ4n) is 3.59. The molecule has 0 aromatic carbocycles. The maximum atomic E-state index is 12.9. The van der Waals surface area contributed by atoms with Gasteiger partial charge in [0.25, 0.3) is 5.91 Å². The predicted octanol–water partition coefficient (Wildman–Crippen LogP) is 1.24. The first kappa shape index (κ1) is 16.3. The normalized spacial score (nSPS) is 19.0. The first-order chi connectivity index (χ1) is 12.6. The van der Waals surface area contributed by atoms with Gasteiger partial charge in [-0.25, -0.2) is 4.79 Å². The highest BCUT2D eigenvalue weighted by atomic mass is 16.2. The van der Waals surface area contributed by atoms with Gasteiger partial charge in [-0.1, -0.05) is 6.07 Å². The summed E-state index contributed by atoms with van der Waals surface area (Å²) in [6.45, 7) is 2.08. The lowest BCUT2D eigenvalue weighted by atomic mass is 9.96. The molecule has 4 rings (SSSR count). The molecule has 1 aliphatic carbocycles. The van der Waals surface area contributed by atoms with Gasteiger partial charge < -0.3 is 16.0 Å². The number of carbonyl (C=O) groups is 2. The summed E-state index contributed by atoms with van der Waals surface area (Å²) >= 11 is 0. The Kier molecular flexibility index (Phi) is 4.16. The third-order valence-corrected chi connectivity index (χ3v) is 4.84. The SMILES string of the molecule is CC1=C(C(=O)NCc2n[nH]c3c2CCC3)[C@@H](c2cccnc2)NC(=O)N1. The van der Waals surface area contributed by atoms with E-state index in [1.807, 2.05) is 6.07 Å². The van der Waals surface area contributed by atoms with Crippen LogP contribution in [0.1, 0.15) is 41.9 Å². The number of aromatic amines is 1. The number of amides is 3. The van der Waals surface area contributed by atoms with Crippen molar-refractivity contribution in [2.75, 3.05) is 0 Å². The third-order valence-electron chi connectivity index (χ3n) is 4.84. The summed E-state index contributed by atoms with van der Waals surface area (Å²) in [7, 11) is 0. The lowest BCUT2D eigenvalue weighted by Crippen LogP contribution is -2.47. The van der Waals surface area contributed by atoms with Crippen LogP contribution in [0.2, 0.25) is 0 Å². The van der Waals surface area contributed by atoms with Gasteiger partial charge in [-0.2, -0.15) is 5.10 Å². The number of hydrogen-bond acceptors (Lipinski definition) is 4. The van der Waals surface area contributed by atoms with E-state index in [1.54, 1.807) is 25.4 Å². The summed E-state index contributed by atoms with van der Waals surface area (Å²) in [5, 5.41) is 15.8. The molecule has 0 fully saturated rings. The van der Waals surface area contributed by atoms with Gasteiger partial charge in [0.15, 0.2) is 0 Å². The molecule has 134 valence electrons. The first-order valence-corrected chi connectivity index (χ1v) is 8.65. The van der Waals surface area contributed by atoms with Crippen molar-refractivity contribution >= 4 is 11.9 Å². The average molecular weight is 352 g/mol. The topological polar surface area (TPSA) is 112 Å². The zero-order valence-corrected chi connectivity index (χ0v) is 14.4. The van der Waals surface area contributed by atoms with Gasteiger partial charge in [0.2, 0.25) is 0 Å². The van der Waals surface area contributed by atoms with Gasteiger partial charge in [0.05, 0.1) is 23.9 Å². The largest absolute Gasteiger partial charge is 0.346 e. The van der Waals surface area contributed by atoms with Crippen molar-refractivity contribution in [2.24, 2.45) is 0 Å². The second kappa shape index (κ2) is 6.62. The molecule has 8 nitrogen and oxygen atoms in total. The number of urea groups is 1. The van der Waals surface area contributed by atoms with Crippen molar-refractivity contribution in [3.05, 3.63) is 58.3 Å². The molecular formula is C18H20N6O2. The minimum Gasteiger partial charge on any atom is -0.346 e. The van der Waals surface area contributed by atoms with Crippen LogP contribution in [0.5, 0.6) is 0 Å². The summed E-state index contributed by atoms with van der Waals surface area (Å²) in [5.41, 5.74) is 5.04. The van der Waals surface area contributed by atoms with Gasteiger partial charge in [0, 0.05) is 23.8 Å². The van der Waals surface area contributed by atoms with Gasteiger partial charge >= 0.3 is 6.03 Å². The highest BCUT2D eigenvalue weighted by Crippen LogP contribution is 2.27. The van der Waals surface area contributed by atoms with Crippen molar-refractivity contribution < 1.29 is 9.59 Å². The number of carbonyl (C=O) groups excluding carboxylic acids is 2. The minimum absolute atomic E-state index is 0.237. The van der Waals surface area contributed by atoms with E-state index in [0.717, 1.165) is 30.5 Å². The van der Waals surface area contributed by atoms with Crippen LogP contribution in [0, 0.1) is 0 Å². The van der Waals surface area contributed by atoms with Crippen molar-refractivity contribution in [2.45, 2.75) is 38.8 Å². The molecule has 2 aromatic heterocycles. The van der Waals surface area contributed by atoms with Gasteiger partial charge in [-0.3, -0.25) is 14.9 Å². The quantitative estimate of drug-likeness (QED) is 0.663. The fraction of sp³-hybridized carbons (Fsp3) is 0.333. The molecule has 0 bridgehead atoms. The Balaban J connectivity index is 1.55. The molecule has 3 heterocycles. The summed E-state index contributed by atoms with van der Waals surface area (Å²) in [4.78, 5) is 28.8. The Hall–Kier alpha value is -3.16. The number of rotatable bonds is 4. The second-order valence-electron chi connectivity index (χ2n) is 6.52. The Labute approximate surface area is 150 Å². The molecule has 0 radical (unpaired) electrons. The predicted molar refractivity (Wildman–Crippen MR) is 93.8 cm³/mol. The molecule has 3 amide bonds. The van der Waals surface area contributed by atoms with Crippen LogP contribution in [-0.2, 0) is 24.2 Å². The van der Waals surface area contributed by atoms with E-state index in [4.69, 9.17) is 0 Å². The van der Waals surface area contributed by atoms with Crippen LogP contribution in [0.4, 0.5) is 4.79 Å². The number of pyridine rings is 1. The summed E-state index contributed by atoms with van der Waals surface area (Å²) < 4.78 is 0. The van der Waals surface area contributed by atoms with Crippen molar-refractivity contribution in [1.82, 2.24) is 31.1 Å². The molecule has 8 heteroatoms. The van der Waals surface area contributed by atoms with E-state index in [1.165, 1.54) is 11.3 Å². The number of nitrogens with one attached hydrogen (secondary N) is 4. The van der Waals surface area contributed by atoms with Gasteiger partial charge in [0.1, 0.15) is 0 Å². The molecule has 2 aliphatic rings. The first-order valence-electron chi connectivity index (χ1n) is 8.65. The number of aryl methyl sites for hydroxylation is 1. The van der Waals surface area contributed by atoms with Gasteiger partial charge in [-0.05, 0) is 43.4 Å². The molecule has 1 aliphatic heterocycles. The maximum absolute atomic E-state index is 12.9. The lowest BCUT2D eigenvalue weighted by Gasteiger charge is -2.28. The monoisotopic (exact) mass is 352 g/mol. The minimum atomic E-state index is -0.539. The highest BCUT2D eigenvalue weighted by molar-refractivity contribution is 5.98. The fourth-order valence-corrected chi connectivity index (χ4v) is 3.59. The van der Waals surface area contributed by atoms with Gasteiger partial charge in [-0.15, -0.1) is 0 Å². The zero-order chi connectivity index (χ0) is 18.1. The van der Waals surface area contributed by atoms with Crippen molar-refractivity contribution in [3.8, 4) is 0 Å². The number of hydrogen-bond donors (Lipinski definition) is 4. The van der Waals surface area contributed by atoms with E-state index in [2.05, 4.69) is 31.1 Å².